The number of aliphatic hydroxyl groups is 1. The van der Waals surface area contributed by atoms with Gasteiger partial charge in [-0.05, 0) is 12.0 Å². The first-order chi connectivity index (χ1) is 8.24. The Hall–Kier alpha value is -1.88. The Morgan fingerprint density at radius 1 is 1.00 bits per heavy atom. The predicted molar refractivity (Wildman–Crippen MR) is 63.3 cm³/mol. The zero-order valence-electron chi connectivity index (χ0n) is 9.48. The van der Waals surface area contributed by atoms with Crippen LogP contribution in [0, 0.1) is 0 Å². The first-order valence-electron chi connectivity index (χ1n) is 5.45. The van der Waals surface area contributed by atoms with E-state index in [1.54, 1.807) is 0 Å². The van der Waals surface area contributed by atoms with Crippen molar-refractivity contribution in [1.29, 1.82) is 0 Å². The van der Waals surface area contributed by atoms with Crippen LogP contribution in [0.15, 0.2) is 30.3 Å². The zero-order valence-corrected chi connectivity index (χ0v) is 9.48. The lowest BCUT2D eigenvalue weighted by atomic mass is 10.1. The van der Waals surface area contributed by atoms with Crippen LogP contribution in [-0.2, 0) is 16.0 Å². The summed E-state index contributed by atoms with van der Waals surface area (Å²) in [5.41, 5.74) is 1.10. The molecule has 1 aromatic carbocycles. The van der Waals surface area contributed by atoms with Gasteiger partial charge in [0.15, 0.2) is 0 Å². The van der Waals surface area contributed by atoms with Crippen LogP contribution in [0.3, 0.4) is 0 Å². The minimum atomic E-state index is -0.716. The molecule has 0 radical (unpaired) electrons. The fraction of sp³-hybridized carbons (Fsp3) is 0.333. The van der Waals surface area contributed by atoms with E-state index >= 15 is 0 Å². The second-order valence-electron chi connectivity index (χ2n) is 3.47. The van der Waals surface area contributed by atoms with E-state index in [4.69, 9.17) is 5.11 Å². The van der Waals surface area contributed by atoms with E-state index in [0.29, 0.717) is 13.0 Å². The molecule has 0 aliphatic carbocycles. The number of hydrogen-bond donors (Lipinski definition) is 3. The molecule has 92 valence electrons. The van der Waals surface area contributed by atoms with E-state index in [1.165, 1.54) is 0 Å². The topological polar surface area (TPSA) is 78.4 Å². The second kappa shape index (κ2) is 7.40. The van der Waals surface area contributed by atoms with Crippen LogP contribution in [0.4, 0.5) is 0 Å². The van der Waals surface area contributed by atoms with Crippen LogP contribution in [0.1, 0.15) is 5.56 Å². The van der Waals surface area contributed by atoms with Crippen molar-refractivity contribution in [3.8, 4) is 0 Å². The molecule has 1 rings (SSSR count). The van der Waals surface area contributed by atoms with E-state index in [9.17, 15) is 9.59 Å². The average Bonchev–Trinajstić information content (AvgIpc) is 2.37. The van der Waals surface area contributed by atoms with Crippen LogP contribution in [-0.4, -0.2) is 36.6 Å². The van der Waals surface area contributed by atoms with Gasteiger partial charge in [0.1, 0.15) is 0 Å². The molecule has 0 aliphatic rings. The maximum Gasteiger partial charge on any atom is 0.309 e. The molecule has 0 bridgehead atoms. The van der Waals surface area contributed by atoms with E-state index in [2.05, 4.69) is 10.6 Å². The Balaban J connectivity index is 2.22. The standard InChI is InChI=1S/C12H16N2O3/c15-9-8-14-12(17)11(16)13-7-6-10-4-2-1-3-5-10/h1-5,15H,6-9H2,(H,13,16)(H,14,17). The number of rotatable bonds is 5. The Labute approximate surface area is 99.8 Å². The third-order valence-corrected chi connectivity index (χ3v) is 2.15. The highest BCUT2D eigenvalue weighted by atomic mass is 16.3. The van der Waals surface area contributed by atoms with Gasteiger partial charge in [-0.2, -0.15) is 0 Å². The lowest BCUT2D eigenvalue weighted by Crippen LogP contribution is -2.41. The van der Waals surface area contributed by atoms with Crippen molar-refractivity contribution in [3.05, 3.63) is 35.9 Å². The first-order valence-corrected chi connectivity index (χ1v) is 5.45. The summed E-state index contributed by atoms with van der Waals surface area (Å²) in [6, 6.07) is 9.68. The Morgan fingerprint density at radius 2 is 1.59 bits per heavy atom. The fourth-order valence-corrected chi connectivity index (χ4v) is 1.30. The van der Waals surface area contributed by atoms with Crippen LogP contribution in [0.5, 0.6) is 0 Å². The molecule has 0 atom stereocenters. The van der Waals surface area contributed by atoms with Crippen molar-refractivity contribution < 1.29 is 14.7 Å². The second-order valence-corrected chi connectivity index (χ2v) is 3.47. The minimum absolute atomic E-state index is 0.0882. The molecule has 0 aliphatic heterocycles. The van der Waals surface area contributed by atoms with Crippen molar-refractivity contribution in [3.63, 3.8) is 0 Å². The summed E-state index contributed by atoms with van der Waals surface area (Å²) < 4.78 is 0. The minimum Gasteiger partial charge on any atom is -0.395 e. The monoisotopic (exact) mass is 236 g/mol. The third kappa shape index (κ3) is 5.12. The molecule has 0 saturated heterocycles. The van der Waals surface area contributed by atoms with Crippen molar-refractivity contribution in [2.75, 3.05) is 19.7 Å². The van der Waals surface area contributed by atoms with Gasteiger partial charge in [-0.1, -0.05) is 30.3 Å². The number of nitrogens with one attached hydrogen (secondary N) is 2. The van der Waals surface area contributed by atoms with Crippen LogP contribution in [0.25, 0.3) is 0 Å². The number of carbonyl (C=O) groups excluding carboxylic acids is 2. The van der Waals surface area contributed by atoms with Crippen molar-refractivity contribution >= 4 is 11.8 Å². The molecular weight excluding hydrogens is 220 g/mol. The zero-order chi connectivity index (χ0) is 12.5. The van der Waals surface area contributed by atoms with Crippen molar-refractivity contribution in [2.24, 2.45) is 0 Å². The molecule has 5 heteroatoms. The lowest BCUT2D eigenvalue weighted by Gasteiger charge is -2.05. The summed E-state index contributed by atoms with van der Waals surface area (Å²) in [4.78, 5) is 22.3. The molecule has 0 spiro atoms. The Bertz CT molecular complexity index is 365. The molecular formula is C12H16N2O3. The average molecular weight is 236 g/mol. The third-order valence-electron chi connectivity index (χ3n) is 2.15. The molecule has 0 saturated carbocycles. The molecule has 5 nitrogen and oxygen atoms in total. The highest BCUT2D eigenvalue weighted by molar-refractivity contribution is 6.35. The number of aliphatic hydroxyl groups excluding tert-OH is 1. The number of benzene rings is 1. The SMILES string of the molecule is O=C(NCCO)C(=O)NCCc1ccccc1. The number of carbonyl (C=O) groups is 2. The molecule has 0 heterocycles. The summed E-state index contributed by atoms with van der Waals surface area (Å²) in [6.45, 7) is 0.323. The Morgan fingerprint density at radius 3 is 2.18 bits per heavy atom. The molecule has 0 unspecified atom stereocenters. The molecule has 3 N–H and O–H groups in total. The van der Waals surface area contributed by atoms with E-state index < -0.39 is 11.8 Å². The number of amides is 2. The summed E-state index contributed by atoms with van der Waals surface area (Å²) >= 11 is 0. The van der Waals surface area contributed by atoms with Gasteiger partial charge in [-0.3, -0.25) is 9.59 Å². The Kier molecular flexibility index (Phi) is 5.74. The number of hydrogen-bond acceptors (Lipinski definition) is 3. The van der Waals surface area contributed by atoms with Gasteiger partial charge in [0.2, 0.25) is 0 Å². The molecule has 17 heavy (non-hydrogen) atoms. The van der Waals surface area contributed by atoms with Gasteiger partial charge >= 0.3 is 11.8 Å². The normalized spacial score (nSPS) is 9.71. The van der Waals surface area contributed by atoms with Gasteiger partial charge in [-0.25, -0.2) is 0 Å². The highest BCUT2D eigenvalue weighted by Crippen LogP contribution is 1.97. The van der Waals surface area contributed by atoms with E-state index in [1.807, 2.05) is 30.3 Å². The van der Waals surface area contributed by atoms with E-state index in [0.717, 1.165) is 5.56 Å². The summed E-state index contributed by atoms with van der Waals surface area (Å²) in [6.07, 6.45) is 0.680. The predicted octanol–water partition coefficient (Wildman–Crippen LogP) is -0.546. The summed E-state index contributed by atoms with van der Waals surface area (Å²) in [7, 11) is 0. The molecule has 1 aromatic rings. The molecule has 0 aromatic heterocycles. The van der Waals surface area contributed by atoms with Gasteiger partial charge in [-0.15, -0.1) is 0 Å². The molecule has 0 fully saturated rings. The maximum absolute atomic E-state index is 11.2. The van der Waals surface area contributed by atoms with Gasteiger partial charge < -0.3 is 15.7 Å². The summed E-state index contributed by atoms with van der Waals surface area (Å²) in [5.74, 6) is -1.39. The van der Waals surface area contributed by atoms with Crippen LogP contribution < -0.4 is 10.6 Å². The van der Waals surface area contributed by atoms with Crippen LogP contribution >= 0.6 is 0 Å². The van der Waals surface area contributed by atoms with Gasteiger partial charge in [0.25, 0.3) is 0 Å². The van der Waals surface area contributed by atoms with Crippen LogP contribution in [0.2, 0.25) is 0 Å². The van der Waals surface area contributed by atoms with Crippen molar-refractivity contribution in [1.82, 2.24) is 10.6 Å². The first kappa shape index (κ1) is 13.2. The highest BCUT2D eigenvalue weighted by Gasteiger charge is 2.11. The smallest absolute Gasteiger partial charge is 0.309 e. The fourth-order valence-electron chi connectivity index (χ4n) is 1.30. The van der Waals surface area contributed by atoms with Crippen molar-refractivity contribution in [2.45, 2.75) is 6.42 Å². The maximum atomic E-state index is 11.2. The lowest BCUT2D eigenvalue weighted by molar-refractivity contribution is -0.139. The van der Waals surface area contributed by atoms with E-state index in [-0.39, 0.29) is 13.2 Å². The van der Waals surface area contributed by atoms with Gasteiger partial charge in [0.05, 0.1) is 6.61 Å². The summed E-state index contributed by atoms with van der Waals surface area (Å²) in [5, 5.41) is 13.3. The quantitative estimate of drug-likeness (QED) is 0.600. The molecule has 2 amide bonds. The van der Waals surface area contributed by atoms with Gasteiger partial charge in [0, 0.05) is 13.1 Å². The largest absolute Gasteiger partial charge is 0.395 e.